The summed E-state index contributed by atoms with van der Waals surface area (Å²) >= 11 is 0. The van der Waals surface area contributed by atoms with Crippen molar-refractivity contribution in [2.45, 2.75) is 44.9 Å². The third kappa shape index (κ3) is 7.77. The van der Waals surface area contributed by atoms with Crippen LogP contribution in [-0.2, 0) is 14.4 Å². The Bertz CT molecular complexity index is 696. The van der Waals surface area contributed by atoms with E-state index < -0.39 is 5.97 Å². The summed E-state index contributed by atoms with van der Waals surface area (Å²) in [6, 6.07) is 6.22. The van der Waals surface area contributed by atoms with Gasteiger partial charge >= 0.3 is 5.97 Å². The molecule has 2 rings (SSSR count). The minimum atomic E-state index is -0.982. The smallest absolute Gasteiger partial charge is 0.305 e. The second-order valence-corrected chi connectivity index (χ2v) is 6.99. The van der Waals surface area contributed by atoms with Gasteiger partial charge in [-0.05, 0) is 36.6 Å². The summed E-state index contributed by atoms with van der Waals surface area (Å²) in [6.45, 7) is -0.0476. The topological polar surface area (TPSA) is 125 Å². The quantitative estimate of drug-likeness (QED) is 0.487. The second kappa shape index (κ2) is 11.1. The molecule has 0 atom stereocenters. The monoisotopic (exact) mass is 389 g/mol. The van der Waals surface area contributed by atoms with Crippen molar-refractivity contribution < 1.29 is 24.3 Å². The number of carboxylic acid groups (broad SMARTS) is 1. The van der Waals surface area contributed by atoms with Crippen LogP contribution in [0.1, 0.15) is 55.3 Å². The third-order valence-corrected chi connectivity index (χ3v) is 4.76. The Morgan fingerprint density at radius 1 is 0.929 bits per heavy atom. The first kappa shape index (κ1) is 21.4. The highest BCUT2D eigenvalue weighted by molar-refractivity contribution is 5.97. The fraction of sp³-hybridized carbons (Fsp3) is 0.500. The molecule has 4 N–H and O–H groups in total. The maximum absolute atomic E-state index is 11.9. The van der Waals surface area contributed by atoms with Crippen molar-refractivity contribution in [3.8, 4) is 0 Å². The SMILES string of the molecule is O=C(O)CCNC(=O)c1ccc(NC(=O)CNC(=O)CCC2CCCC2)cc1. The zero-order valence-corrected chi connectivity index (χ0v) is 15.8. The maximum atomic E-state index is 11.9. The summed E-state index contributed by atoms with van der Waals surface area (Å²) in [6.07, 6.45) is 6.07. The van der Waals surface area contributed by atoms with Crippen molar-refractivity contribution in [1.29, 1.82) is 0 Å². The fourth-order valence-corrected chi connectivity index (χ4v) is 3.20. The number of hydrogen-bond donors (Lipinski definition) is 4. The lowest BCUT2D eigenvalue weighted by atomic mass is 10.0. The van der Waals surface area contributed by atoms with Gasteiger partial charge in [-0.2, -0.15) is 0 Å². The predicted molar refractivity (Wildman–Crippen MR) is 104 cm³/mol. The van der Waals surface area contributed by atoms with E-state index in [1.165, 1.54) is 37.8 Å². The Morgan fingerprint density at radius 3 is 2.25 bits per heavy atom. The Balaban J connectivity index is 1.67. The Labute approximate surface area is 164 Å². The van der Waals surface area contributed by atoms with Crippen molar-refractivity contribution in [2.24, 2.45) is 5.92 Å². The first-order valence-corrected chi connectivity index (χ1v) is 9.60. The highest BCUT2D eigenvalue weighted by Gasteiger charge is 2.16. The molecule has 0 aromatic heterocycles. The summed E-state index contributed by atoms with van der Waals surface area (Å²) in [5, 5.41) is 16.3. The Hall–Kier alpha value is -2.90. The van der Waals surface area contributed by atoms with Crippen molar-refractivity contribution in [3.63, 3.8) is 0 Å². The molecule has 8 heteroatoms. The zero-order valence-electron chi connectivity index (χ0n) is 15.8. The molecule has 0 radical (unpaired) electrons. The van der Waals surface area contributed by atoms with E-state index in [1.54, 1.807) is 12.1 Å². The van der Waals surface area contributed by atoms with Crippen molar-refractivity contribution in [1.82, 2.24) is 10.6 Å². The van der Waals surface area contributed by atoms with Crippen LogP contribution in [0.25, 0.3) is 0 Å². The summed E-state index contributed by atoms with van der Waals surface area (Å²) in [5.74, 6) is -1.18. The largest absolute Gasteiger partial charge is 0.481 e. The van der Waals surface area contributed by atoms with Gasteiger partial charge in [-0.15, -0.1) is 0 Å². The summed E-state index contributed by atoms with van der Waals surface area (Å²) < 4.78 is 0. The van der Waals surface area contributed by atoms with Gasteiger partial charge in [0.2, 0.25) is 11.8 Å². The fourth-order valence-electron chi connectivity index (χ4n) is 3.20. The molecule has 0 aliphatic heterocycles. The van der Waals surface area contributed by atoms with Crippen LogP contribution in [0, 0.1) is 5.92 Å². The molecular formula is C20H27N3O5. The van der Waals surface area contributed by atoms with Crippen LogP contribution in [0.15, 0.2) is 24.3 Å². The van der Waals surface area contributed by atoms with Crippen molar-refractivity contribution in [3.05, 3.63) is 29.8 Å². The van der Waals surface area contributed by atoms with E-state index in [1.807, 2.05) is 0 Å². The maximum Gasteiger partial charge on any atom is 0.305 e. The first-order valence-electron chi connectivity index (χ1n) is 9.60. The van der Waals surface area contributed by atoms with Gasteiger partial charge < -0.3 is 21.1 Å². The van der Waals surface area contributed by atoms with Crippen molar-refractivity contribution in [2.75, 3.05) is 18.4 Å². The van der Waals surface area contributed by atoms with Crippen LogP contribution in [0.2, 0.25) is 0 Å². The Morgan fingerprint density at radius 2 is 1.61 bits per heavy atom. The number of benzene rings is 1. The van der Waals surface area contributed by atoms with E-state index in [2.05, 4.69) is 16.0 Å². The number of hydrogen-bond acceptors (Lipinski definition) is 4. The molecule has 0 unspecified atom stereocenters. The normalized spacial score (nSPS) is 13.7. The lowest BCUT2D eigenvalue weighted by Gasteiger charge is -2.10. The number of rotatable bonds is 10. The summed E-state index contributed by atoms with van der Waals surface area (Å²) in [7, 11) is 0. The highest BCUT2D eigenvalue weighted by atomic mass is 16.4. The van der Waals surface area contributed by atoms with E-state index in [9.17, 15) is 19.2 Å². The molecule has 1 aromatic rings. The van der Waals surface area contributed by atoms with Gasteiger partial charge in [0.1, 0.15) is 0 Å². The van der Waals surface area contributed by atoms with E-state index in [4.69, 9.17) is 5.11 Å². The average molecular weight is 389 g/mol. The molecule has 1 saturated carbocycles. The Kier molecular flexibility index (Phi) is 8.45. The molecule has 0 heterocycles. The third-order valence-electron chi connectivity index (χ3n) is 4.76. The van der Waals surface area contributed by atoms with Gasteiger partial charge in [0.25, 0.3) is 5.91 Å². The van der Waals surface area contributed by atoms with Gasteiger partial charge in [0.15, 0.2) is 0 Å². The second-order valence-electron chi connectivity index (χ2n) is 6.99. The van der Waals surface area contributed by atoms with Gasteiger partial charge in [0, 0.05) is 24.2 Å². The molecule has 0 spiro atoms. The molecular weight excluding hydrogens is 362 g/mol. The molecule has 8 nitrogen and oxygen atoms in total. The molecule has 28 heavy (non-hydrogen) atoms. The molecule has 0 bridgehead atoms. The number of carbonyl (C=O) groups is 4. The van der Waals surface area contributed by atoms with Crippen LogP contribution in [0.4, 0.5) is 5.69 Å². The van der Waals surface area contributed by atoms with E-state index in [-0.39, 0.29) is 37.2 Å². The minimum Gasteiger partial charge on any atom is -0.481 e. The van der Waals surface area contributed by atoms with Crippen molar-refractivity contribution >= 4 is 29.4 Å². The number of carboxylic acids is 1. The lowest BCUT2D eigenvalue weighted by molar-refractivity contribution is -0.136. The molecule has 1 aliphatic rings. The highest BCUT2D eigenvalue weighted by Crippen LogP contribution is 2.28. The molecule has 1 fully saturated rings. The van der Waals surface area contributed by atoms with Crippen LogP contribution in [-0.4, -0.2) is 41.9 Å². The molecule has 1 aliphatic carbocycles. The van der Waals surface area contributed by atoms with Crippen LogP contribution >= 0.6 is 0 Å². The summed E-state index contributed by atoms with van der Waals surface area (Å²) in [5.41, 5.74) is 0.871. The number of aliphatic carboxylic acids is 1. The molecule has 3 amide bonds. The van der Waals surface area contributed by atoms with E-state index in [0.717, 1.165) is 6.42 Å². The zero-order chi connectivity index (χ0) is 20.4. The number of anilines is 1. The van der Waals surface area contributed by atoms with Gasteiger partial charge in [-0.3, -0.25) is 19.2 Å². The summed E-state index contributed by atoms with van der Waals surface area (Å²) in [4.78, 5) is 46.1. The first-order chi connectivity index (χ1) is 13.4. The van der Waals surface area contributed by atoms with Crippen LogP contribution in [0.5, 0.6) is 0 Å². The van der Waals surface area contributed by atoms with E-state index >= 15 is 0 Å². The van der Waals surface area contributed by atoms with Gasteiger partial charge in [0.05, 0.1) is 13.0 Å². The van der Waals surface area contributed by atoms with E-state index in [0.29, 0.717) is 23.6 Å². The van der Waals surface area contributed by atoms with Gasteiger partial charge in [-0.1, -0.05) is 25.7 Å². The van der Waals surface area contributed by atoms with Gasteiger partial charge in [-0.25, -0.2) is 0 Å². The van der Waals surface area contributed by atoms with Crippen LogP contribution < -0.4 is 16.0 Å². The minimum absolute atomic E-state index is 0.0487. The molecule has 0 saturated heterocycles. The number of nitrogens with one attached hydrogen (secondary N) is 3. The lowest BCUT2D eigenvalue weighted by Crippen LogP contribution is -2.32. The predicted octanol–water partition coefficient (Wildman–Crippen LogP) is 1.92. The molecule has 1 aromatic carbocycles. The number of amides is 3. The number of carbonyl (C=O) groups excluding carboxylic acids is 3. The standard InChI is InChI=1S/C20H27N3O5/c24-17(10-5-14-3-1-2-4-14)22-13-18(25)23-16-8-6-15(7-9-16)20(28)21-12-11-19(26)27/h6-9,14H,1-5,10-13H2,(H,21,28)(H,22,24)(H,23,25)(H,26,27). The molecule has 152 valence electrons. The van der Waals surface area contributed by atoms with Crippen LogP contribution in [0.3, 0.4) is 0 Å². The average Bonchev–Trinajstić information content (AvgIpc) is 3.18.